The van der Waals surface area contributed by atoms with Crippen LogP contribution in [0.3, 0.4) is 0 Å². The Morgan fingerprint density at radius 3 is 2.92 bits per heavy atom. The van der Waals surface area contributed by atoms with E-state index in [0.717, 1.165) is 29.8 Å². The van der Waals surface area contributed by atoms with Gasteiger partial charge in [-0.15, -0.1) is 11.3 Å². The number of hydrogen-bond acceptors (Lipinski definition) is 5. The molecule has 0 N–H and O–H groups in total. The molecule has 134 valence electrons. The summed E-state index contributed by atoms with van der Waals surface area (Å²) in [6.07, 6.45) is 2.60. The van der Waals surface area contributed by atoms with E-state index in [0.29, 0.717) is 24.6 Å². The number of rotatable bonds is 5. The average molecular weight is 371 g/mol. The highest BCUT2D eigenvalue weighted by Crippen LogP contribution is 2.32. The third kappa shape index (κ3) is 3.53. The first-order valence-corrected chi connectivity index (χ1v) is 9.50. The Balaban J connectivity index is 1.39. The maximum Gasteiger partial charge on any atom is 0.227 e. The van der Waals surface area contributed by atoms with Gasteiger partial charge in [-0.3, -0.25) is 4.79 Å². The number of carbonyl (C=O) groups is 1. The molecule has 26 heavy (non-hydrogen) atoms. The quantitative estimate of drug-likeness (QED) is 0.673. The summed E-state index contributed by atoms with van der Waals surface area (Å²) in [5.41, 5.74) is 0.982. The Bertz CT molecular complexity index is 877. The number of aryl methyl sites for hydroxylation is 1. The van der Waals surface area contributed by atoms with Crippen LogP contribution in [0.25, 0.3) is 10.7 Å². The van der Waals surface area contributed by atoms with E-state index >= 15 is 0 Å². The molecule has 5 nitrogen and oxygen atoms in total. The molecule has 2 aromatic heterocycles. The van der Waals surface area contributed by atoms with Crippen molar-refractivity contribution in [1.29, 1.82) is 0 Å². The highest BCUT2D eigenvalue weighted by Gasteiger charge is 2.29. The second-order valence-electron chi connectivity index (χ2n) is 6.29. The van der Waals surface area contributed by atoms with Crippen molar-refractivity contribution in [2.75, 3.05) is 6.54 Å². The van der Waals surface area contributed by atoms with Crippen molar-refractivity contribution in [2.45, 2.75) is 31.7 Å². The van der Waals surface area contributed by atoms with Gasteiger partial charge in [0.15, 0.2) is 0 Å². The molecule has 1 saturated heterocycles. The van der Waals surface area contributed by atoms with Crippen LogP contribution in [-0.2, 0) is 11.2 Å². The second-order valence-corrected chi connectivity index (χ2v) is 7.23. The summed E-state index contributed by atoms with van der Waals surface area (Å²) < 4.78 is 18.4. The Morgan fingerprint density at radius 2 is 2.15 bits per heavy atom. The average Bonchev–Trinajstić information content (AvgIpc) is 3.40. The van der Waals surface area contributed by atoms with Crippen LogP contribution >= 0.6 is 11.3 Å². The molecule has 3 heterocycles. The lowest BCUT2D eigenvalue weighted by Crippen LogP contribution is -2.30. The highest BCUT2D eigenvalue weighted by atomic mass is 32.1. The fraction of sp³-hybridized carbons (Fsp3) is 0.316. The minimum Gasteiger partial charge on any atom is -0.339 e. The maximum atomic E-state index is 13.1. The zero-order chi connectivity index (χ0) is 17.9. The fourth-order valence-electron chi connectivity index (χ4n) is 3.32. The number of amides is 1. The number of benzene rings is 1. The van der Waals surface area contributed by atoms with Gasteiger partial charge in [0, 0.05) is 19.4 Å². The molecule has 1 atom stereocenters. The summed E-state index contributed by atoms with van der Waals surface area (Å²) in [4.78, 5) is 19.9. The predicted octanol–water partition coefficient (Wildman–Crippen LogP) is 4.23. The molecule has 0 bridgehead atoms. The van der Waals surface area contributed by atoms with Gasteiger partial charge in [-0.25, -0.2) is 4.39 Å². The summed E-state index contributed by atoms with van der Waals surface area (Å²) in [7, 11) is 0. The molecule has 4 rings (SSSR count). The summed E-state index contributed by atoms with van der Waals surface area (Å²) in [6, 6.07) is 10.3. The van der Waals surface area contributed by atoms with Gasteiger partial charge in [0.05, 0.1) is 10.9 Å². The van der Waals surface area contributed by atoms with E-state index in [-0.39, 0.29) is 17.8 Å². The van der Waals surface area contributed by atoms with Gasteiger partial charge in [0.1, 0.15) is 5.82 Å². The molecule has 0 aliphatic carbocycles. The standard InChI is InChI=1S/C19H18FN3O2S/c20-14-7-5-13(6-8-14)15-3-1-11-23(15)18(24)10-9-17-21-19(22-25-17)16-4-2-12-26-16/h2,4-8,12,15H,1,3,9-11H2. The minimum atomic E-state index is -0.262. The van der Waals surface area contributed by atoms with Gasteiger partial charge in [-0.05, 0) is 42.0 Å². The van der Waals surface area contributed by atoms with E-state index in [1.54, 1.807) is 23.5 Å². The van der Waals surface area contributed by atoms with Crippen molar-refractivity contribution >= 4 is 17.2 Å². The number of aromatic nitrogens is 2. The SMILES string of the molecule is O=C(CCc1nc(-c2cccs2)no1)N1CCCC1c1ccc(F)cc1. The monoisotopic (exact) mass is 371 g/mol. The van der Waals surface area contributed by atoms with E-state index in [4.69, 9.17) is 4.52 Å². The number of likely N-dealkylation sites (tertiary alicyclic amines) is 1. The van der Waals surface area contributed by atoms with Crippen LogP contribution < -0.4 is 0 Å². The van der Waals surface area contributed by atoms with Gasteiger partial charge in [-0.2, -0.15) is 4.98 Å². The third-order valence-corrected chi connectivity index (χ3v) is 5.46. The molecule has 1 unspecified atom stereocenters. The van der Waals surface area contributed by atoms with Crippen molar-refractivity contribution in [3.63, 3.8) is 0 Å². The molecule has 0 saturated carbocycles. The molecule has 1 aliphatic heterocycles. The summed E-state index contributed by atoms with van der Waals surface area (Å²) in [5.74, 6) is 0.836. The fourth-order valence-corrected chi connectivity index (χ4v) is 3.97. The summed E-state index contributed by atoms with van der Waals surface area (Å²) >= 11 is 1.55. The first-order chi connectivity index (χ1) is 12.7. The lowest BCUT2D eigenvalue weighted by Gasteiger charge is -2.25. The van der Waals surface area contributed by atoms with Crippen molar-refractivity contribution in [1.82, 2.24) is 15.0 Å². The minimum absolute atomic E-state index is 0.0208. The highest BCUT2D eigenvalue weighted by molar-refractivity contribution is 7.13. The number of halogens is 1. The Hall–Kier alpha value is -2.54. The summed E-state index contributed by atoms with van der Waals surface area (Å²) in [6.45, 7) is 0.727. The number of hydrogen-bond donors (Lipinski definition) is 0. The number of nitrogens with zero attached hydrogens (tertiary/aromatic N) is 3. The topological polar surface area (TPSA) is 59.2 Å². The number of carbonyl (C=O) groups excluding carboxylic acids is 1. The zero-order valence-corrected chi connectivity index (χ0v) is 14.9. The van der Waals surface area contributed by atoms with Gasteiger partial charge >= 0.3 is 0 Å². The molecule has 3 aromatic rings. The van der Waals surface area contributed by atoms with Crippen molar-refractivity contribution < 1.29 is 13.7 Å². The second kappa shape index (κ2) is 7.37. The molecule has 0 radical (unpaired) electrons. The molecule has 1 fully saturated rings. The van der Waals surface area contributed by atoms with E-state index in [2.05, 4.69) is 10.1 Å². The van der Waals surface area contributed by atoms with E-state index in [1.165, 1.54) is 12.1 Å². The smallest absolute Gasteiger partial charge is 0.227 e. The molecule has 0 spiro atoms. The van der Waals surface area contributed by atoms with Crippen LogP contribution in [0.1, 0.15) is 36.8 Å². The van der Waals surface area contributed by atoms with Gasteiger partial charge in [0.25, 0.3) is 0 Å². The summed E-state index contributed by atoms with van der Waals surface area (Å²) in [5, 5.41) is 5.92. The first-order valence-electron chi connectivity index (χ1n) is 8.62. The van der Waals surface area contributed by atoms with Crippen LogP contribution in [0, 0.1) is 5.82 Å². The van der Waals surface area contributed by atoms with Gasteiger partial charge in [0.2, 0.25) is 17.6 Å². The van der Waals surface area contributed by atoms with Crippen LogP contribution in [0.15, 0.2) is 46.3 Å². The zero-order valence-electron chi connectivity index (χ0n) is 14.1. The largest absolute Gasteiger partial charge is 0.339 e. The van der Waals surface area contributed by atoms with Gasteiger partial charge in [-0.1, -0.05) is 23.4 Å². The van der Waals surface area contributed by atoms with Crippen LogP contribution in [0.4, 0.5) is 4.39 Å². The van der Waals surface area contributed by atoms with E-state index < -0.39 is 0 Å². The molecular weight excluding hydrogens is 353 g/mol. The third-order valence-electron chi connectivity index (χ3n) is 4.59. The lowest BCUT2D eigenvalue weighted by molar-refractivity contribution is -0.132. The Labute approximate surface area is 154 Å². The van der Waals surface area contributed by atoms with Crippen molar-refractivity contribution in [3.05, 3.63) is 59.0 Å². The predicted molar refractivity (Wildman–Crippen MR) is 96.0 cm³/mol. The van der Waals surface area contributed by atoms with Crippen molar-refractivity contribution in [3.8, 4) is 10.7 Å². The van der Waals surface area contributed by atoms with Gasteiger partial charge < -0.3 is 9.42 Å². The number of thiophene rings is 1. The lowest BCUT2D eigenvalue weighted by atomic mass is 10.0. The first kappa shape index (κ1) is 16.9. The van der Waals surface area contributed by atoms with Crippen LogP contribution in [0.2, 0.25) is 0 Å². The Kier molecular flexibility index (Phi) is 4.79. The van der Waals surface area contributed by atoms with Crippen LogP contribution in [-0.4, -0.2) is 27.5 Å². The van der Waals surface area contributed by atoms with E-state index in [1.807, 2.05) is 22.4 Å². The molecule has 7 heteroatoms. The molecular formula is C19H18FN3O2S. The Morgan fingerprint density at radius 1 is 1.31 bits per heavy atom. The molecule has 1 aromatic carbocycles. The normalized spacial score (nSPS) is 17.0. The molecule has 1 amide bonds. The maximum absolute atomic E-state index is 13.1. The van der Waals surface area contributed by atoms with Crippen LogP contribution in [0.5, 0.6) is 0 Å². The van der Waals surface area contributed by atoms with E-state index in [9.17, 15) is 9.18 Å². The molecule has 1 aliphatic rings. The van der Waals surface area contributed by atoms with Crippen molar-refractivity contribution in [2.24, 2.45) is 0 Å².